The van der Waals surface area contributed by atoms with Gasteiger partial charge in [-0.05, 0) is 32.9 Å². The molecule has 2 N–H and O–H groups in total. The Balaban J connectivity index is 2.59. The molecule has 0 radical (unpaired) electrons. The molecule has 0 heterocycles. The highest BCUT2D eigenvalue weighted by Crippen LogP contribution is 2.24. The van der Waals surface area contributed by atoms with E-state index in [2.05, 4.69) is 5.32 Å². The van der Waals surface area contributed by atoms with Gasteiger partial charge in [0.15, 0.2) is 0 Å². The maximum Gasteiger partial charge on any atom is 0.407 e. The van der Waals surface area contributed by atoms with Crippen LogP contribution >= 0.6 is 11.6 Å². The summed E-state index contributed by atoms with van der Waals surface area (Å²) in [5.41, 5.74) is -0.0768. The second-order valence-electron chi connectivity index (χ2n) is 4.59. The number of phenols is 1. The minimum atomic E-state index is -0.549. The molecule has 0 aromatic heterocycles. The summed E-state index contributed by atoms with van der Waals surface area (Å²) in [6, 6.07) is 4.79. The highest BCUT2D eigenvalue weighted by molar-refractivity contribution is 6.31. The van der Waals surface area contributed by atoms with Crippen LogP contribution in [-0.4, -0.2) is 16.8 Å². The van der Waals surface area contributed by atoms with E-state index < -0.39 is 11.7 Å². The summed E-state index contributed by atoms with van der Waals surface area (Å²) >= 11 is 5.89. The molecule has 0 saturated carbocycles. The van der Waals surface area contributed by atoms with Gasteiger partial charge < -0.3 is 15.2 Å². The van der Waals surface area contributed by atoms with Crippen LogP contribution in [0.5, 0.6) is 5.75 Å². The average molecular weight is 258 g/mol. The number of carbonyl (C=O) groups is 1. The third-order valence-corrected chi connectivity index (χ3v) is 2.26. The number of halogens is 1. The Bertz CT molecular complexity index is 392. The molecule has 0 aliphatic rings. The molecule has 1 amide bonds. The third kappa shape index (κ3) is 4.53. The van der Waals surface area contributed by atoms with Crippen LogP contribution in [0.25, 0.3) is 0 Å². The lowest BCUT2D eigenvalue weighted by Crippen LogP contribution is -2.32. The highest BCUT2D eigenvalue weighted by Gasteiger charge is 2.16. The predicted molar refractivity (Wildman–Crippen MR) is 66.2 cm³/mol. The SMILES string of the molecule is CC(C)(C)OC(=O)NCc1c(O)cccc1Cl. The first-order chi connectivity index (χ1) is 7.79. The topological polar surface area (TPSA) is 58.6 Å². The summed E-state index contributed by atoms with van der Waals surface area (Å²) in [5, 5.41) is 12.5. The quantitative estimate of drug-likeness (QED) is 0.856. The number of ether oxygens (including phenoxy) is 1. The highest BCUT2D eigenvalue weighted by atomic mass is 35.5. The van der Waals surface area contributed by atoms with Crippen LogP contribution in [0, 0.1) is 0 Å². The zero-order valence-corrected chi connectivity index (χ0v) is 10.8. The summed E-state index contributed by atoms with van der Waals surface area (Å²) in [4.78, 5) is 11.4. The molecule has 0 bridgehead atoms. The maximum absolute atomic E-state index is 11.4. The van der Waals surface area contributed by atoms with E-state index in [-0.39, 0.29) is 12.3 Å². The Morgan fingerprint density at radius 3 is 2.65 bits per heavy atom. The fourth-order valence-electron chi connectivity index (χ4n) is 1.20. The van der Waals surface area contributed by atoms with Crippen molar-refractivity contribution in [1.82, 2.24) is 5.32 Å². The zero-order valence-electron chi connectivity index (χ0n) is 10.1. The molecule has 0 fully saturated rings. The van der Waals surface area contributed by atoms with Gasteiger partial charge in [-0.2, -0.15) is 0 Å². The van der Waals surface area contributed by atoms with Crippen LogP contribution < -0.4 is 5.32 Å². The standard InChI is InChI=1S/C12H16ClNO3/c1-12(2,3)17-11(16)14-7-8-9(13)5-4-6-10(8)15/h4-6,15H,7H2,1-3H3,(H,14,16). The average Bonchev–Trinajstić information content (AvgIpc) is 2.14. The molecule has 4 nitrogen and oxygen atoms in total. The zero-order chi connectivity index (χ0) is 13.1. The van der Waals surface area contributed by atoms with E-state index in [0.717, 1.165) is 0 Å². The predicted octanol–water partition coefficient (Wildman–Crippen LogP) is 3.07. The summed E-state index contributed by atoms with van der Waals surface area (Å²) in [7, 11) is 0. The van der Waals surface area contributed by atoms with Gasteiger partial charge in [0, 0.05) is 10.6 Å². The van der Waals surface area contributed by atoms with Crippen molar-refractivity contribution in [1.29, 1.82) is 0 Å². The van der Waals surface area contributed by atoms with Gasteiger partial charge in [0.2, 0.25) is 0 Å². The maximum atomic E-state index is 11.4. The number of aromatic hydroxyl groups is 1. The summed E-state index contributed by atoms with van der Waals surface area (Å²) in [5.74, 6) is 0.0496. The Labute approximate surface area is 106 Å². The molecule has 1 rings (SSSR count). The van der Waals surface area contributed by atoms with Crippen molar-refractivity contribution in [2.24, 2.45) is 0 Å². The van der Waals surface area contributed by atoms with Crippen molar-refractivity contribution < 1.29 is 14.6 Å². The second kappa shape index (κ2) is 5.27. The van der Waals surface area contributed by atoms with Crippen molar-refractivity contribution in [3.8, 4) is 5.75 Å². The number of nitrogens with one attached hydrogen (secondary N) is 1. The third-order valence-electron chi connectivity index (χ3n) is 1.90. The molecule has 1 aromatic carbocycles. The summed E-state index contributed by atoms with van der Waals surface area (Å²) in [6.45, 7) is 5.46. The minimum Gasteiger partial charge on any atom is -0.508 e. The largest absolute Gasteiger partial charge is 0.508 e. The van der Waals surface area contributed by atoms with E-state index in [1.54, 1.807) is 32.9 Å². The smallest absolute Gasteiger partial charge is 0.407 e. The van der Waals surface area contributed by atoms with Gasteiger partial charge in [0.05, 0.1) is 6.54 Å². The monoisotopic (exact) mass is 257 g/mol. The Kier molecular flexibility index (Phi) is 4.23. The Hall–Kier alpha value is -1.42. The molecule has 0 saturated heterocycles. The summed E-state index contributed by atoms with van der Waals surface area (Å²) in [6.07, 6.45) is -0.545. The van der Waals surface area contributed by atoms with Gasteiger partial charge in [-0.25, -0.2) is 4.79 Å². The van der Waals surface area contributed by atoms with Crippen LogP contribution in [0.3, 0.4) is 0 Å². The molecule has 1 aromatic rings. The lowest BCUT2D eigenvalue weighted by atomic mass is 10.2. The number of amides is 1. The van der Waals surface area contributed by atoms with Crippen LogP contribution in [-0.2, 0) is 11.3 Å². The van der Waals surface area contributed by atoms with Crippen LogP contribution in [0.2, 0.25) is 5.02 Å². The van der Waals surface area contributed by atoms with Gasteiger partial charge in [0.1, 0.15) is 11.4 Å². The van der Waals surface area contributed by atoms with Crippen LogP contribution in [0.15, 0.2) is 18.2 Å². The molecule has 17 heavy (non-hydrogen) atoms. The first-order valence-electron chi connectivity index (χ1n) is 5.23. The van der Waals surface area contributed by atoms with Crippen molar-refractivity contribution in [3.05, 3.63) is 28.8 Å². The van der Waals surface area contributed by atoms with Gasteiger partial charge in [-0.1, -0.05) is 17.7 Å². The number of rotatable bonds is 2. The van der Waals surface area contributed by atoms with Crippen LogP contribution in [0.4, 0.5) is 4.79 Å². The molecular weight excluding hydrogens is 242 g/mol. The van der Waals surface area contributed by atoms with Crippen molar-refractivity contribution >= 4 is 17.7 Å². The van der Waals surface area contributed by atoms with Gasteiger partial charge in [0.25, 0.3) is 0 Å². The Morgan fingerprint density at radius 2 is 2.12 bits per heavy atom. The number of carbonyl (C=O) groups excluding carboxylic acids is 1. The van der Waals surface area contributed by atoms with E-state index in [1.165, 1.54) is 6.07 Å². The number of benzene rings is 1. The van der Waals surface area contributed by atoms with E-state index in [0.29, 0.717) is 10.6 Å². The van der Waals surface area contributed by atoms with Crippen molar-refractivity contribution in [2.45, 2.75) is 32.9 Å². The number of phenolic OH excluding ortho intramolecular Hbond substituents is 1. The minimum absolute atomic E-state index is 0.0496. The van der Waals surface area contributed by atoms with Gasteiger partial charge in [-0.3, -0.25) is 0 Å². The first-order valence-corrected chi connectivity index (χ1v) is 5.60. The van der Waals surface area contributed by atoms with Crippen LogP contribution in [0.1, 0.15) is 26.3 Å². The number of alkyl carbamates (subject to hydrolysis) is 1. The first kappa shape index (κ1) is 13.6. The molecule has 0 aliphatic heterocycles. The molecule has 0 spiro atoms. The molecule has 94 valence electrons. The second-order valence-corrected chi connectivity index (χ2v) is 5.00. The van der Waals surface area contributed by atoms with E-state index >= 15 is 0 Å². The van der Waals surface area contributed by atoms with E-state index in [4.69, 9.17) is 16.3 Å². The van der Waals surface area contributed by atoms with Crippen molar-refractivity contribution in [2.75, 3.05) is 0 Å². The number of hydrogen-bond donors (Lipinski definition) is 2. The molecule has 0 atom stereocenters. The normalized spacial score (nSPS) is 11.1. The van der Waals surface area contributed by atoms with E-state index in [1.807, 2.05) is 0 Å². The molecule has 0 unspecified atom stereocenters. The van der Waals surface area contributed by atoms with E-state index in [9.17, 15) is 9.90 Å². The molecule has 5 heteroatoms. The molecular formula is C12H16ClNO3. The number of hydrogen-bond acceptors (Lipinski definition) is 3. The molecule has 0 aliphatic carbocycles. The van der Waals surface area contributed by atoms with Gasteiger partial charge in [-0.15, -0.1) is 0 Å². The fraction of sp³-hybridized carbons (Fsp3) is 0.417. The van der Waals surface area contributed by atoms with Gasteiger partial charge >= 0.3 is 6.09 Å². The Morgan fingerprint density at radius 1 is 1.47 bits per heavy atom. The van der Waals surface area contributed by atoms with Crippen molar-refractivity contribution in [3.63, 3.8) is 0 Å². The lowest BCUT2D eigenvalue weighted by molar-refractivity contribution is 0.0523. The fourth-order valence-corrected chi connectivity index (χ4v) is 1.43. The summed E-state index contributed by atoms with van der Waals surface area (Å²) < 4.78 is 5.06. The lowest BCUT2D eigenvalue weighted by Gasteiger charge is -2.19.